The summed E-state index contributed by atoms with van der Waals surface area (Å²) in [6.07, 6.45) is 9.32. The zero-order valence-corrected chi connectivity index (χ0v) is 16.6. The molecule has 25 heavy (non-hydrogen) atoms. The zero-order chi connectivity index (χ0) is 18.1. The van der Waals surface area contributed by atoms with Gasteiger partial charge >= 0.3 is 0 Å². The van der Waals surface area contributed by atoms with Crippen molar-refractivity contribution in [1.29, 1.82) is 0 Å². The number of benzene rings is 2. The molecule has 0 saturated heterocycles. The molecule has 2 aromatic carbocycles. The number of rotatable bonds is 9. The smallest absolute Gasteiger partial charge is 0.0418 e. The second-order valence-corrected chi connectivity index (χ2v) is 8.03. The van der Waals surface area contributed by atoms with Crippen molar-refractivity contribution in [3.8, 4) is 0 Å². The molecule has 0 aromatic heterocycles. The molecule has 1 heteroatoms. The van der Waals surface area contributed by atoms with Crippen LogP contribution in [0.1, 0.15) is 71.8 Å². The molecule has 0 aliphatic carbocycles. The number of aryl methyl sites for hydroxylation is 1. The van der Waals surface area contributed by atoms with Crippen LogP contribution in [0.5, 0.6) is 0 Å². The molecule has 0 aliphatic heterocycles. The fourth-order valence-corrected chi connectivity index (χ4v) is 3.46. The highest BCUT2D eigenvalue weighted by Gasteiger charge is 2.23. The van der Waals surface area contributed by atoms with Crippen molar-refractivity contribution in [2.75, 3.05) is 4.90 Å². The van der Waals surface area contributed by atoms with E-state index in [0.717, 1.165) is 0 Å². The van der Waals surface area contributed by atoms with Gasteiger partial charge in [0.1, 0.15) is 0 Å². The summed E-state index contributed by atoms with van der Waals surface area (Å²) in [6, 6.07) is 19.8. The maximum Gasteiger partial charge on any atom is 0.0418 e. The van der Waals surface area contributed by atoms with Crippen molar-refractivity contribution in [3.63, 3.8) is 0 Å². The monoisotopic (exact) mass is 337 g/mol. The van der Waals surface area contributed by atoms with Crippen molar-refractivity contribution in [2.24, 2.45) is 0 Å². The number of para-hydroxylation sites is 1. The van der Waals surface area contributed by atoms with Gasteiger partial charge in [0.15, 0.2) is 0 Å². The van der Waals surface area contributed by atoms with Crippen LogP contribution in [0.25, 0.3) is 0 Å². The second-order valence-electron chi connectivity index (χ2n) is 8.03. The van der Waals surface area contributed by atoms with Crippen LogP contribution < -0.4 is 4.90 Å². The molecule has 1 nitrogen and oxygen atoms in total. The van der Waals surface area contributed by atoms with Gasteiger partial charge < -0.3 is 4.90 Å². The molecule has 0 aliphatic rings. The average Bonchev–Trinajstić information content (AvgIpc) is 2.58. The van der Waals surface area contributed by atoms with Gasteiger partial charge in [-0.15, -0.1) is 0 Å². The van der Waals surface area contributed by atoms with Gasteiger partial charge in [-0.05, 0) is 63.4 Å². The fourth-order valence-electron chi connectivity index (χ4n) is 3.46. The van der Waals surface area contributed by atoms with Crippen LogP contribution in [0.2, 0.25) is 0 Å². The van der Waals surface area contributed by atoms with E-state index in [4.69, 9.17) is 0 Å². The fraction of sp³-hybridized carbons (Fsp3) is 0.500. The molecular formula is C24H35N. The summed E-state index contributed by atoms with van der Waals surface area (Å²) in [7, 11) is 0. The first-order valence-corrected chi connectivity index (χ1v) is 9.96. The van der Waals surface area contributed by atoms with Gasteiger partial charge in [-0.25, -0.2) is 0 Å². The Labute approximate surface area is 155 Å². The van der Waals surface area contributed by atoms with Crippen LogP contribution in [-0.4, -0.2) is 5.54 Å². The van der Waals surface area contributed by atoms with Gasteiger partial charge in [-0.1, -0.05) is 69.4 Å². The minimum Gasteiger partial charge on any atom is -0.336 e. The first kappa shape index (κ1) is 19.6. The lowest BCUT2D eigenvalue weighted by atomic mass is 10.0. The molecule has 0 N–H and O–H groups in total. The average molecular weight is 338 g/mol. The van der Waals surface area contributed by atoms with Crippen LogP contribution in [0.15, 0.2) is 54.6 Å². The Morgan fingerprint density at radius 3 is 2.04 bits per heavy atom. The van der Waals surface area contributed by atoms with Crippen LogP contribution in [0.4, 0.5) is 11.4 Å². The molecule has 0 bridgehead atoms. The van der Waals surface area contributed by atoms with E-state index in [2.05, 4.69) is 87.2 Å². The topological polar surface area (TPSA) is 3.24 Å². The highest BCUT2D eigenvalue weighted by atomic mass is 15.2. The van der Waals surface area contributed by atoms with Crippen LogP contribution in [-0.2, 0) is 6.42 Å². The summed E-state index contributed by atoms with van der Waals surface area (Å²) in [5.41, 5.74) is 4.05. The lowest BCUT2D eigenvalue weighted by Gasteiger charge is -2.38. The SMILES string of the molecule is CCCCCCCCc1cccc(N(c2ccccc2)C(C)(C)C)c1. The Hall–Kier alpha value is -1.76. The highest BCUT2D eigenvalue weighted by Crippen LogP contribution is 2.33. The van der Waals surface area contributed by atoms with Crippen LogP contribution in [0.3, 0.4) is 0 Å². The van der Waals surface area contributed by atoms with Crippen molar-refractivity contribution in [2.45, 2.75) is 78.2 Å². The van der Waals surface area contributed by atoms with Gasteiger partial charge in [-0.3, -0.25) is 0 Å². The number of anilines is 2. The minimum absolute atomic E-state index is 0.0418. The number of nitrogens with zero attached hydrogens (tertiary/aromatic N) is 1. The van der Waals surface area contributed by atoms with Gasteiger partial charge in [-0.2, -0.15) is 0 Å². The number of hydrogen-bond donors (Lipinski definition) is 0. The Morgan fingerprint density at radius 1 is 0.720 bits per heavy atom. The van der Waals surface area contributed by atoms with E-state index in [0.29, 0.717) is 0 Å². The molecule has 2 rings (SSSR count). The van der Waals surface area contributed by atoms with Crippen molar-refractivity contribution < 1.29 is 0 Å². The summed E-state index contributed by atoms with van der Waals surface area (Å²) >= 11 is 0. The standard InChI is InChI=1S/C24H35N/c1-5-6-7-8-9-11-15-21-16-14-19-23(20-21)25(24(2,3)4)22-17-12-10-13-18-22/h10,12-14,16-20H,5-9,11,15H2,1-4H3. The van der Waals surface area contributed by atoms with Gasteiger partial charge in [0.2, 0.25) is 0 Å². The molecule has 0 spiro atoms. The third-order valence-electron chi connectivity index (χ3n) is 4.67. The molecule has 0 saturated carbocycles. The van der Waals surface area contributed by atoms with E-state index >= 15 is 0 Å². The van der Waals surface area contributed by atoms with Crippen molar-refractivity contribution >= 4 is 11.4 Å². The maximum atomic E-state index is 2.44. The first-order chi connectivity index (χ1) is 12.0. The van der Waals surface area contributed by atoms with E-state index < -0.39 is 0 Å². The zero-order valence-electron chi connectivity index (χ0n) is 16.6. The van der Waals surface area contributed by atoms with E-state index in [1.165, 1.54) is 61.9 Å². The van der Waals surface area contributed by atoms with Crippen molar-refractivity contribution in [1.82, 2.24) is 0 Å². The maximum absolute atomic E-state index is 2.44. The molecule has 136 valence electrons. The largest absolute Gasteiger partial charge is 0.336 e. The number of hydrogen-bond acceptors (Lipinski definition) is 1. The molecular weight excluding hydrogens is 302 g/mol. The predicted octanol–water partition coefficient (Wildman–Crippen LogP) is 7.53. The Morgan fingerprint density at radius 2 is 1.36 bits per heavy atom. The summed E-state index contributed by atoms with van der Waals surface area (Å²) < 4.78 is 0. The number of unbranched alkanes of at least 4 members (excludes halogenated alkanes) is 5. The molecule has 0 unspecified atom stereocenters. The van der Waals surface area contributed by atoms with Gasteiger partial charge in [0, 0.05) is 16.9 Å². The van der Waals surface area contributed by atoms with E-state index in [9.17, 15) is 0 Å². The summed E-state index contributed by atoms with van der Waals surface area (Å²) in [5.74, 6) is 0. The van der Waals surface area contributed by atoms with E-state index in [1.807, 2.05) is 0 Å². The predicted molar refractivity (Wildman–Crippen MR) is 112 cm³/mol. The first-order valence-electron chi connectivity index (χ1n) is 9.96. The molecule has 0 fully saturated rings. The van der Waals surface area contributed by atoms with Crippen molar-refractivity contribution in [3.05, 3.63) is 60.2 Å². The Bertz CT molecular complexity index is 609. The summed E-state index contributed by atoms with van der Waals surface area (Å²) in [6.45, 7) is 9.11. The second kappa shape index (κ2) is 9.65. The third-order valence-corrected chi connectivity index (χ3v) is 4.67. The van der Waals surface area contributed by atoms with E-state index in [-0.39, 0.29) is 5.54 Å². The molecule has 2 aromatic rings. The summed E-state index contributed by atoms with van der Waals surface area (Å²) in [4.78, 5) is 2.44. The lowest BCUT2D eigenvalue weighted by molar-refractivity contribution is 0.560. The highest BCUT2D eigenvalue weighted by molar-refractivity contribution is 5.65. The third kappa shape index (κ3) is 6.23. The Balaban J connectivity index is 2.07. The quantitative estimate of drug-likeness (QED) is 0.427. The van der Waals surface area contributed by atoms with Crippen LogP contribution in [0, 0.1) is 0 Å². The van der Waals surface area contributed by atoms with Crippen LogP contribution >= 0.6 is 0 Å². The molecule has 0 atom stereocenters. The Kier molecular flexibility index (Phi) is 7.55. The van der Waals surface area contributed by atoms with Gasteiger partial charge in [0.25, 0.3) is 0 Å². The van der Waals surface area contributed by atoms with E-state index in [1.54, 1.807) is 0 Å². The molecule has 0 radical (unpaired) electrons. The molecule has 0 heterocycles. The minimum atomic E-state index is 0.0418. The normalized spacial score (nSPS) is 11.5. The lowest BCUT2D eigenvalue weighted by Crippen LogP contribution is -2.37. The molecule has 0 amide bonds. The van der Waals surface area contributed by atoms with Gasteiger partial charge in [0.05, 0.1) is 0 Å². The summed E-state index contributed by atoms with van der Waals surface area (Å²) in [5, 5.41) is 0.